The fraction of sp³-hybridized carbons (Fsp3) is 0.533. The summed E-state index contributed by atoms with van der Waals surface area (Å²) in [5, 5.41) is 0.740. The number of carbonyl (C=O) groups excluding carboxylic acids is 1. The fourth-order valence-electron chi connectivity index (χ4n) is 2.36. The van der Waals surface area contributed by atoms with Gasteiger partial charge in [-0.15, -0.1) is 11.8 Å². The first kappa shape index (κ1) is 13.5. The lowest BCUT2D eigenvalue weighted by molar-refractivity contribution is 0.0994. The van der Waals surface area contributed by atoms with Gasteiger partial charge in [0, 0.05) is 10.8 Å². The smallest absolute Gasteiger partial charge is 0.175 e. The van der Waals surface area contributed by atoms with E-state index in [1.54, 1.807) is 7.11 Å². The first-order chi connectivity index (χ1) is 8.70. The first-order valence-electron chi connectivity index (χ1n) is 6.54. The van der Waals surface area contributed by atoms with Gasteiger partial charge >= 0.3 is 0 Å². The summed E-state index contributed by atoms with van der Waals surface area (Å²) < 4.78 is 5.10. The van der Waals surface area contributed by atoms with Crippen molar-refractivity contribution in [1.29, 1.82) is 0 Å². The molecule has 1 saturated carbocycles. The third kappa shape index (κ3) is 3.29. The van der Waals surface area contributed by atoms with Crippen LogP contribution < -0.4 is 4.74 Å². The lowest BCUT2D eigenvalue weighted by atomic mass is 10.1. The molecule has 1 aromatic rings. The summed E-state index contributed by atoms with van der Waals surface area (Å²) in [5.41, 5.74) is 0.786. The quantitative estimate of drug-likeness (QED) is 0.753. The molecule has 1 unspecified atom stereocenters. The third-order valence-corrected chi connectivity index (χ3v) is 4.92. The number of Topliss-reactive ketones (excluding diaryl/α,β-unsaturated/α-hetero) is 1. The molecule has 2 rings (SSSR count). The number of hydrogen-bond donors (Lipinski definition) is 0. The summed E-state index contributed by atoms with van der Waals surface area (Å²) in [6, 6.07) is 7.40. The zero-order valence-electron chi connectivity index (χ0n) is 11.0. The second-order valence-corrected chi connectivity index (χ2v) is 6.42. The van der Waals surface area contributed by atoms with Crippen molar-refractivity contribution in [2.45, 2.75) is 43.1 Å². The second kappa shape index (κ2) is 6.28. The molecule has 1 aromatic carbocycles. The Morgan fingerprint density at radius 3 is 2.44 bits per heavy atom. The number of methoxy groups -OCH3 is 1. The Hall–Kier alpha value is -0.960. The molecule has 0 heterocycles. The summed E-state index contributed by atoms with van der Waals surface area (Å²) in [4.78, 5) is 12.3. The molecule has 0 radical (unpaired) electrons. The van der Waals surface area contributed by atoms with Gasteiger partial charge in [0.1, 0.15) is 5.75 Å². The van der Waals surface area contributed by atoms with Crippen LogP contribution >= 0.6 is 11.8 Å². The maximum absolute atomic E-state index is 12.3. The lowest BCUT2D eigenvalue weighted by Gasteiger charge is -2.15. The average Bonchev–Trinajstić information content (AvgIpc) is 2.91. The van der Waals surface area contributed by atoms with Crippen molar-refractivity contribution in [2.75, 3.05) is 7.11 Å². The maximum Gasteiger partial charge on any atom is 0.175 e. The summed E-state index contributed by atoms with van der Waals surface area (Å²) in [6.07, 6.45) is 5.18. The monoisotopic (exact) mass is 264 g/mol. The third-order valence-electron chi connectivity index (χ3n) is 3.44. The Morgan fingerprint density at radius 1 is 1.28 bits per heavy atom. The largest absolute Gasteiger partial charge is 0.497 e. The van der Waals surface area contributed by atoms with E-state index < -0.39 is 0 Å². The van der Waals surface area contributed by atoms with E-state index in [0.29, 0.717) is 5.25 Å². The van der Waals surface area contributed by atoms with Gasteiger partial charge in [-0.25, -0.2) is 0 Å². The van der Waals surface area contributed by atoms with Gasteiger partial charge in [-0.2, -0.15) is 0 Å². The van der Waals surface area contributed by atoms with Crippen LogP contribution in [0.2, 0.25) is 0 Å². The number of benzene rings is 1. The van der Waals surface area contributed by atoms with Gasteiger partial charge in [0.15, 0.2) is 5.78 Å². The molecule has 3 heteroatoms. The molecular weight excluding hydrogens is 244 g/mol. The highest BCUT2D eigenvalue weighted by Gasteiger charge is 2.23. The van der Waals surface area contributed by atoms with Gasteiger partial charge < -0.3 is 4.74 Å². The van der Waals surface area contributed by atoms with E-state index in [1.807, 2.05) is 43.0 Å². The molecule has 1 atom stereocenters. The molecular formula is C15H20O2S. The summed E-state index contributed by atoms with van der Waals surface area (Å²) in [5.74, 6) is 1.03. The standard InChI is InChI=1S/C15H20O2S/c1-11(18-14-5-3-4-6-14)15(16)12-7-9-13(17-2)10-8-12/h7-11,14H,3-6H2,1-2H3. The van der Waals surface area contributed by atoms with Gasteiger partial charge in [0.25, 0.3) is 0 Å². The zero-order chi connectivity index (χ0) is 13.0. The molecule has 2 nitrogen and oxygen atoms in total. The topological polar surface area (TPSA) is 26.3 Å². The highest BCUT2D eigenvalue weighted by atomic mass is 32.2. The van der Waals surface area contributed by atoms with E-state index in [9.17, 15) is 4.79 Å². The van der Waals surface area contributed by atoms with E-state index in [4.69, 9.17) is 4.74 Å². The van der Waals surface area contributed by atoms with Crippen molar-refractivity contribution in [1.82, 2.24) is 0 Å². The highest BCUT2D eigenvalue weighted by molar-refractivity contribution is 8.01. The number of ketones is 1. The van der Waals surface area contributed by atoms with Crippen molar-refractivity contribution in [3.05, 3.63) is 29.8 Å². The summed E-state index contributed by atoms with van der Waals surface area (Å²) in [7, 11) is 1.63. The Kier molecular flexibility index (Phi) is 4.70. The summed E-state index contributed by atoms with van der Waals surface area (Å²) in [6.45, 7) is 2.02. The molecule has 18 heavy (non-hydrogen) atoms. The summed E-state index contributed by atoms with van der Waals surface area (Å²) >= 11 is 1.84. The average molecular weight is 264 g/mol. The number of thioether (sulfide) groups is 1. The van der Waals surface area contributed by atoms with Crippen LogP contribution in [0.3, 0.4) is 0 Å². The van der Waals surface area contributed by atoms with Crippen molar-refractivity contribution in [3.8, 4) is 5.75 Å². The first-order valence-corrected chi connectivity index (χ1v) is 7.48. The van der Waals surface area contributed by atoms with E-state index >= 15 is 0 Å². The van der Waals surface area contributed by atoms with Crippen molar-refractivity contribution >= 4 is 17.5 Å². The number of ether oxygens (including phenoxy) is 1. The van der Waals surface area contributed by atoms with Crippen LogP contribution in [0, 0.1) is 0 Å². The molecule has 0 amide bonds. The van der Waals surface area contributed by atoms with Crippen molar-refractivity contribution in [3.63, 3.8) is 0 Å². The van der Waals surface area contributed by atoms with Crippen LogP contribution in [0.1, 0.15) is 43.0 Å². The van der Waals surface area contributed by atoms with E-state index in [1.165, 1.54) is 25.7 Å². The maximum atomic E-state index is 12.3. The van der Waals surface area contributed by atoms with Crippen molar-refractivity contribution < 1.29 is 9.53 Å². The lowest BCUT2D eigenvalue weighted by Crippen LogP contribution is -2.16. The molecule has 0 aliphatic heterocycles. The van der Waals surface area contributed by atoms with Gasteiger partial charge in [0.2, 0.25) is 0 Å². The minimum atomic E-state index is 0.0569. The minimum Gasteiger partial charge on any atom is -0.497 e. The number of rotatable bonds is 5. The van der Waals surface area contributed by atoms with E-state index in [2.05, 4.69) is 0 Å². The highest BCUT2D eigenvalue weighted by Crippen LogP contribution is 2.33. The molecule has 0 saturated heterocycles. The normalized spacial score (nSPS) is 17.7. The van der Waals surface area contributed by atoms with Gasteiger partial charge in [0.05, 0.1) is 12.4 Å². The molecule has 1 aliphatic carbocycles. The van der Waals surface area contributed by atoms with E-state index in [-0.39, 0.29) is 11.0 Å². The van der Waals surface area contributed by atoms with Crippen LogP contribution in [0.15, 0.2) is 24.3 Å². The van der Waals surface area contributed by atoms with Gasteiger partial charge in [-0.1, -0.05) is 12.8 Å². The van der Waals surface area contributed by atoms with Crippen LogP contribution in [0.25, 0.3) is 0 Å². The molecule has 1 aliphatic rings. The molecule has 0 bridgehead atoms. The molecule has 1 fully saturated rings. The van der Waals surface area contributed by atoms with Crippen LogP contribution in [0.4, 0.5) is 0 Å². The van der Waals surface area contributed by atoms with Crippen LogP contribution in [0.5, 0.6) is 5.75 Å². The molecule has 0 spiro atoms. The SMILES string of the molecule is COc1ccc(C(=O)C(C)SC2CCCC2)cc1. The number of hydrogen-bond acceptors (Lipinski definition) is 3. The fourth-order valence-corrected chi connectivity index (χ4v) is 3.81. The second-order valence-electron chi connectivity index (χ2n) is 4.78. The zero-order valence-corrected chi connectivity index (χ0v) is 11.8. The minimum absolute atomic E-state index is 0.0569. The Labute approximate surface area is 113 Å². The van der Waals surface area contributed by atoms with Gasteiger partial charge in [-0.05, 0) is 44.0 Å². The van der Waals surface area contributed by atoms with Crippen molar-refractivity contribution in [2.24, 2.45) is 0 Å². The predicted octanol–water partition coefficient (Wildman–Crippen LogP) is 3.94. The number of carbonyl (C=O) groups is 1. The van der Waals surface area contributed by atoms with Crippen LogP contribution in [-0.4, -0.2) is 23.4 Å². The Balaban J connectivity index is 1.95. The molecule has 0 aromatic heterocycles. The molecule has 98 valence electrons. The van der Waals surface area contributed by atoms with Gasteiger partial charge in [-0.3, -0.25) is 4.79 Å². The van der Waals surface area contributed by atoms with Crippen LogP contribution in [-0.2, 0) is 0 Å². The Morgan fingerprint density at radius 2 is 1.89 bits per heavy atom. The van der Waals surface area contributed by atoms with E-state index in [0.717, 1.165) is 11.3 Å². The predicted molar refractivity (Wildman–Crippen MR) is 76.6 cm³/mol. The Bertz CT molecular complexity index is 393. The molecule has 0 N–H and O–H groups in total.